The normalized spacial score (nSPS) is 55.3. The van der Waals surface area contributed by atoms with Gasteiger partial charge in [-0.05, 0) is 185 Å². The molecule has 1 aromatic rings. The molecule has 16 aliphatic rings. The van der Waals surface area contributed by atoms with Gasteiger partial charge in [-0.15, -0.1) is 0 Å². The molecule has 1 aromatic heterocycles. The predicted molar refractivity (Wildman–Crippen MR) is 283 cm³/mol. The van der Waals surface area contributed by atoms with E-state index in [1.54, 1.807) is 6.26 Å². The second kappa shape index (κ2) is 16.4. The number of hydrogen-bond acceptors (Lipinski definition) is 13. The largest absolute Gasteiger partial charge is 0.469 e. The molecule has 422 valence electrons. The van der Waals surface area contributed by atoms with E-state index in [1.807, 2.05) is 6.07 Å². The molecule has 13 heteroatoms. The van der Waals surface area contributed by atoms with Crippen molar-refractivity contribution in [1.29, 1.82) is 0 Å². The first-order chi connectivity index (χ1) is 37.7. The lowest BCUT2D eigenvalue weighted by atomic mass is 9.30. The zero-order chi connectivity index (χ0) is 52.8. The van der Waals surface area contributed by atoms with E-state index in [0.29, 0.717) is 54.2 Å². The van der Waals surface area contributed by atoms with Crippen LogP contribution in [0.25, 0.3) is 0 Å². The third-order valence-electron chi connectivity index (χ3n) is 28.4. The summed E-state index contributed by atoms with van der Waals surface area (Å²) >= 11 is 0. The number of allylic oxidation sites excluding steroid dienone is 1. The minimum atomic E-state index is -1.45. The van der Waals surface area contributed by atoms with E-state index in [-0.39, 0.29) is 66.4 Å². The predicted octanol–water partition coefficient (Wildman–Crippen LogP) is 8.39. The van der Waals surface area contributed by atoms with Crippen molar-refractivity contribution >= 4 is 17.7 Å². The highest BCUT2D eigenvalue weighted by Gasteiger charge is 2.98. The van der Waals surface area contributed by atoms with Gasteiger partial charge in [0.05, 0.1) is 48.5 Å². The molecule has 4 N–H and O–H groups in total. The van der Waals surface area contributed by atoms with Crippen LogP contribution in [0.1, 0.15) is 160 Å². The highest BCUT2D eigenvalue weighted by Crippen LogP contribution is 2.90. The van der Waals surface area contributed by atoms with Crippen LogP contribution in [0, 0.1) is 110 Å². The number of ketones is 1. The summed E-state index contributed by atoms with van der Waals surface area (Å²) in [5.41, 5.74) is -4.93. The Bertz CT molecular complexity index is 2790. The van der Waals surface area contributed by atoms with Gasteiger partial charge in [0.1, 0.15) is 35.8 Å². The molecule has 9 aliphatic carbocycles. The molecule has 0 aromatic carbocycles. The Hall–Kier alpha value is -3.07. The minimum Gasteiger partial charge on any atom is -0.469 e. The number of rotatable bonds is 8. The second-order valence-corrected chi connectivity index (χ2v) is 30.3. The van der Waals surface area contributed by atoms with Gasteiger partial charge in [0, 0.05) is 41.3 Å². The van der Waals surface area contributed by atoms with Crippen LogP contribution in [0.3, 0.4) is 0 Å². The van der Waals surface area contributed by atoms with Crippen LogP contribution in [0.5, 0.6) is 0 Å². The number of fused-ring (bicyclic) bond motifs is 6. The number of aliphatic hydroxyl groups is 3. The number of aliphatic hydroxyl groups excluding tert-OH is 3. The molecular formula is C65H86N2O11. The van der Waals surface area contributed by atoms with E-state index in [0.717, 1.165) is 115 Å². The summed E-state index contributed by atoms with van der Waals surface area (Å²) < 4.78 is 36.3. The summed E-state index contributed by atoms with van der Waals surface area (Å²) in [6, 6.07) is 2.44. The van der Waals surface area contributed by atoms with Gasteiger partial charge in [0.25, 0.3) is 0 Å². The molecule has 0 radical (unpaired) electrons. The quantitative estimate of drug-likeness (QED) is 0.111. The number of cyclic esters (lactones) is 2. The van der Waals surface area contributed by atoms with Crippen molar-refractivity contribution in [1.82, 2.24) is 10.2 Å². The van der Waals surface area contributed by atoms with Gasteiger partial charge in [-0.1, -0.05) is 64.5 Å². The second-order valence-electron chi connectivity index (χ2n) is 30.3. The third kappa shape index (κ3) is 5.54. The van der Waals surface area contributed by atoms with Crippen molar-refractivity contribution in [3.05, 3.63) is 47.6 Å². The van der Waals surface area contributed by atoms with Crippen LogP contribution in [0.4, 0.5) is 0 Å². The molecule has 4 spiro atoms. The molecule has 78 heavy (non-hydrogen) atoms. The van der Waals surface area contributed by atoms with Crippen LogP contribution in [0.15, 0.2) is 40.7 Å². The van der Waals surface area contributed by atoms with Gasteiger partial charge in [-0.3, -0.25) is 14.9 Å². The molecule has 0 unspecified atom stereocenters. The lowest BCUT2D eigenvalue weighted by molar-refractivity contribution is -0.300. The number of carbonyl (C=O) groups excluding carboxylic acids is 3. The number of furan rings is 1. The average Bonchev–Trinajstić information content (AvgIpc) is 2.49. The minimum absolute atomic E-state index is 0.0502. The topological polar surface area (TPSA) is 181 Å². The fourth-order valence-electron chi connectivity index (χ4n) is 26.2. The molecule has 17 rings (SSSR count). The number of nitrogens with zero attached hydrogens (tertiary/aromatic N) is 1. The Morgan fingerprint density at radius 1 is 0.872 bits per heavy atom. The fourth-order valence-corrected chi connectivity index (χ4v) is 26.2. The van der Waals surface area contributed by atoms with Crippen LogP contribution in [-0.2, 0) is 39.8 Å². The van der Waals surface area contributed by atoms with Crippen molar-refractivity contribution in [2.24, 2.45) is 110 Å². The van der Waals surface area contributed by atoms with E-state index in [2.05, 4.69) is 49.3 Å². The number of esters is 2. The monoisotopic (exact) mass is 1070 g/mol. The Morgan fingerprint density at radius 3 is 2.55 bits per heavy atom. The van der Waals surface area contributed by atoms with E-state index >= 15 is 14.4 Å². The maximum atomic E-state index is 17.1. The molecule has 5 saturated heterocycles. The van der Waals surface area contributed by atoms with Crippen molar-refractivity contribution in [3.63, 3.8) is 0 Å². The van der Waals surface area contributed by atoms with Gasteiger partial charge in [0.2, 0.25) is 0 Å². The first-order valence-corrected chi connectivity index (χ1v) is 31.9. The van der Waals surface area contributed by atoms with E-state index in [4.69, 9.17) is 23.4 Å². The Balaban J connectivity index is 0.833. The lowest BCUT2D eigenvalue weighted by Gasteiger charge is -2.72. The van der Waals surface area contributed by atoms with Crippen molar-refractivity contribution in [2.75, 3.05) is 26.4 Å². The zero-order valence-electron chi connectivity index (χ0n) is 46.5. The summed E-state index contributed by atoms with van der Waals surface area (Å²) in [6.45, 7) is 8.57. The standard InChI is InChI=1S/C65H86N2O11/c1-33-41-13-7-9-34(41)14-16-42(33)46-25-40-24-39-12-8-20-61(39)28-37-27-59(2)55(44-19-22-74-49(44)26-45(48(69)30-68)35-15-17-43-36(23-35)18-21-67-32-66-29-47(43)67)76-58(73)56-65(59,77-56)63(38-10-5-4-6-11-38)51(37)62-31-75-57(72)53(61)64(40,62)78-60(46,3)52(62)50(70)54(63)71/h18-19,21-22,25,33-39,41-43,45-48,51-56,66,68-69,71H,4-17,20,23-24,26-32H2,1-3H3/t33-,34+,35-,36+,37-,39+,41+,42+,43-,45-,46+,47-,48+,51+,52+,53-,54+,55-,56+,59-,60-,61-,62+,63-,64-,65+/m0/s1. The molecule has 0 amide bonds. The number of hydrogen-bond donors (Lipinski definition) is 4. The molecule has 13 nitrogen and oxygen atoms in total. The number of Topliss-reactive ketones (excluding diaryl/α,β-unsaturated/α-hetero) is 1. The number of ether oxygens (including phenoxy) is 4. The van der Waals surface area contributed by atoms with Crippen LogP contribution < -0.4 is 5.32 Å². The first kappa shape index (κ1) is 49.5. The summed E-state index contributed by atoms with van der Waals surface area (Å²) in [7, 11) is 0. The van der Waals surface area contributed by atoms with Crippen molar-refractivity contribution in [2.45, 2.75) is 196 Å². The molecule has 7 aliphatic heterocycles. The smallest absolute Gasteiger partial charge is 0.339 e. The molecule has 8 heterocycles. The van der Waals surface area contributed by atoms with Gasteiger partial charge in [-0.2, -0.15) is 0 Å². The number of nitrogens with one attached hydrogen (secondary N) is 1. The summed E-state index contributed by atoms with van der Waals surface area (Å²) in [5, 5.41) is 40.6. The molecule has 26 atom stereocenters. The van der Waals surface area contributed by atoms with Crippen molar-refractivity contribution < 1.29 is 53.1 Å². The molecule has 5 bridgehead atoms. The Morgan fingerprint density at radius 2 is 1.71 bits per heavy atom. The maximum Gasteiger partial charge on any atom is 0.339 e. The highest BCUT2D eigenvalue weighted by atomic mass is 16.7. The van der Waals surface area contributed by atoms with E-state index in [9.17, 15) is 15.3 Å². The van der Waals surface area contributed by atoms with Crippen LogP contribution >= 0.6 is 0 Å². The Labute approximate surface area is 460 Å². The molecule has 14 fully saturated rings. The van der Waals surface area contributed by atoms with E-state index < -0.39 is 80.7 Å². The van der Waals surface area contributed by atoms with Crippen LogP contribution in [0.2, 0.25) is 0 Å². The van der Waals surface area contributed by atoms with Crippen LogP contribution in [-0.4, -0.2) is 106 Å². The average molecular weight is 1070 g/mol. The maximum absolute atomic E-state index is 17.1. The zero-order valence-corrected chi connectivity index (χ0v) is 46.5. The van der Waals surface area contributed by atoms with Gasteiger partial charge in [0.15, 0.2) is 11.9 Å². The number of epoxide rings is 1. The first-order valence-electron chi connectivity index (χ1n) is 31.9. The number of carbonyl (C=O) groups is 3. The fraction of sp³-hybridized carbons (Fsp3) is 0.831. The van der Waals surface area contributed by atoms with Crippen molar-refractivity contribution in [3.8, 4) is 0 Å². The summed E-state index contributed by atoms with van der Waals surface area (Å²) in [4.78, 5) is 50.5. The lowest BCUT2D eigenvalue weighted by Crippen LogP contribution is -2.82. The highest BCUT2D eigenvalue weighted by molar-refractivity contribution is 5.94. The molecule has 9 saturated carbocycles. The third-order valence-corrected chi connectivity index (χ3v) is 28.4. The van der Waals surface area contributed by atoms with Gasteiger partial charge in [-0.25, -0.2) is 4.79 Å². The van der Waals surface area contributed by atoms with Gasteiger partial charge < -0.3 is 43.6 Å². The van der Waals surface area contributed by atoms with E-state index in [1.165, 1.54) is 31.3 Å². The van der Waals surface area contributed by atoms with Gasteiger partial charge >= 0.3 is 11.9 Å². The SMILES string of the molecule is C[C@@H]1[C@H]([C@H]2C=C3C[C@H]4CCC[C@]45C[C@@H]4C[C@@]6(C)[C@H](c7ccoc7C[C@@H]([C@H]7CC[C@H]8[C@H](C=CN9CNC[C@@H]89)C7)[C@H](O)CO)OC(=O)[C@H]7O[C@]76[C@]6(C7CCCCC7)[C@H](O)C(=O)[C@@H]7[C@@]2(C)O[C@]32[C@H]5C(=O)OC[C@@]72[C@@H]46)CC[C@H]2CCC[C@@H]21. The molecular weight excluding hydrogens is 985 g/mol. The Kier molecular flexibility index (Phi) is 10.4. The summed E-state index contributed by atoms with van der Waals surface area (Å²) in [6.07, 6.45) is 23.9. The summed E-state index contributed by atoms with van der Waals surface area (Å²) in [5.74, 6) is 1.11.